The van der Waals surface area contributed by atoms with Crippen LogP contribution in [0.2, 0.25) is 0 Å². The summed E-state index contributed by atoms with van der Waals surface area (Å²) in [6.45, 7) is 5.62. The number of rotatable bonds is 7. The summed E-state index contributed by atoms with van der Waals surface area (Å²) < 4.78 is 1.73. The monoisotopic (exact) mass is 354 g/mol. The van der Waals surface area contributed by atoms with Crippen LogP contribution in [0.4, 0.5) is 0 Å². The normalized spacial score (nSPS) is 13.9. The number of allylic oxidation sites excluding steroid dienone is 1. The molecule has 0 unspecified atom stereocenters. The molecule has 0 fully saturated rings. The molecule has 0 radical (unpaired) electrons. The summed E-state index contributed by atoms with van der Waals surface area (Å²) in [5, 5.41) is 6.54. The smallest absolute Gasteiger partial charge is 0.312 e. The van der Waals surface area contributed by atoms with Gasteiger partial charge >= 0.3 is 5.69 Å². The minimum absolute atomic E-state index is 0.261. The number of aromatic amines is 1. The summed E-state index contributed by atoms with van der Waals surface area (Å²) in [6, 6.07) is 8.45. The van der Waals surface area contributed by atoms with Crippen LogP contribution in [0.1, 0.15) is 29.3 Å². The van der Waals surface area contributed by atoms with E-state index in [9.17, 15) is 9.59 Å². The van der Waals surface area contributed by atoms with Crippen molar-refractivity contribution < 1.29 is 0 Å². The molecule has 0 amide bonds. The lowest BCUT2D eigenvalue weighted by Gasteiger charge is -2.20. The van der Waals surface area contributed by atoms with Gasteiger partial charge in [0.15, 0.2) is 0 Å². The van der Waals surface area contributed by atoms with Gasteiger partial charge in [-0.05, 0) is 24.5 Å². The van der Waals surface area contributed by atoms with Crippen molar-refractivity contribution in [1.29, 1.82) is 0 Å². The molecule has 0 aliphatic carbocycles. The van der Waals surface area contributed by atoms with Gasteiger partial charge in [0.25, 0.3) is 5.56 Å². The minimum Gasteiger partial charge on any atom is -0.312 e. The third-order valence-corrected chi connectivity index (χ3v) is 4.73. The number of aromatic nitrogens is 2. The highest BCUT2D eigenvalue weighted by molar-refractivity contribution is 5.24. The summed E-state index contributed by atoms with van der Waals surface area (Å²) in [4.78, 5) is 26.6. The third-order valence-electron chi connectivity index (χ3n) is 4.73. The first-order valence-corrected chi connectivity index (χ1v) is 9.14. The minimum atomic E-state index is -0.305. The van der Waals surface area contributed by atoms with Gasteiger partial charge < -0.3 is 10.6 Å². The molecule has 1 aliphatic rings. The number of fused-ring (bicyclic) bond motifs is 1. The maximum absolute atomic E-state index is 12.2. The molecule has 3 rings (SSSR count). The topological polar surface area (TPSA) is 78.9 Å². The zero-order chi connectivity index (χ0) is 18.4. The Morgan fingerprint density at radius 3 is 2.73 bits per heavy atom. The number of nitrogens with one attached hydrogen (secondary N) is 3. The van der Waals surface area contributed by atoms with E-state index in [2.05, 4.69) is 46.0 Å². The van der Waals surface area contributed by atoms with Gasteiger partial charge in [-0.3, -0.25) is 14.3 Å². The fraction of sp³-hybridized carbons (Fsp3) is 0.400. The predicted molar refractivity (Wildman–Crippen MR) is 103 cm³/mol. The number of aryl methyl sites for hydroxylation is 1. The van der Waals surface area contributed by atoms with Crippen molar-refractivity contribution in [2.75, 3.05) is 13.1 Å². The highest BCUT2D eigenvalue weighted by Gasteiger charge is 2.17. The summed E-state index contributed by atoms with van der Waals surface area (Å²) >= 11 is 0. The Balaban J connectivity index is 1.66. The van der Waals surface area contributed by atoms with Crippen molar-refractivity contribution in [3.8, 4) is 0 Å². The van der Waals surface area contributed by atoms with Gasteiger partial charge in [0.2, 0.25) is 0 Å². The van der Waals surface area contributed by atoms with E-state index in [-0.39, 0.29) is 11.2 Å². The van der Waals surface area contributed by atoms with Gasteiger partial charge in [-0.15, -0.1) is 0 Å². The molecule has 2 aromatic rings. The predicted octanol–water partition coefficient (Wildman–Crippen LogP) is 1.09. The summed E-state index contributed by atoms with van der Waals surface area (Å²) in [5.74, 6) is 0. The van der Waals surface area contributed by atoms with E-state index >= 15 is 0 Å². The van der Waals surface area contributed by atoms with Crippen LogP contribution in [0.15, 0.2) is 46.0 Å². The zero-order valence-electron chi connectivity index (χ0n) is 15.2. The summed E-state index contributed by atoms with van der Waals surface area (Å²) in [5.41, 5.74) is 3.43. The fourth-order valence-electron chi connectivity index (χ4n) is 3.26. The standard InChI is InChI=1S/C20H26N4O2/c1-2-3-10-21-13-16-6-4-15(5-7-16)9-12-24-18-8-11-22-14-17(18)19(25)23-20(24)26/h2-7,21-22H,8-14H2,1H3,(H,23,25,26)/b3-2-. The van der Waals surface area contributed by atoms with Crippen molar-refractivity contribution in [3.05, 3.63) is 79.6 Å². The van der Waals surface area contributed by atoms with E-state index in [1.165, 1.54) is 11.1 Å². The molecule has 1 aromatic carbocycles. The Bertz CT molecular complexity index is 878. The highest BCUT2D eigenvalue weighted by Crippen LogP contribution is 2.10. The Morgan fingerprint density at radius 1 is 1.19 bits per heavy atom. The first-order chi connectivity index (χ1) is 12.7. The van der Waals surface area contributed by atoms with Crippen LogP contribution in [0.25, 0.3) is 0 Å². The number of hydrogen-bond donors (Lipinski definition) is 3. The quantitative estimate of drug-likeness (QED) is 0.514. The molecular weight excluding hydrogens is 328 g/mol. The molecule has 2 heterocycles. The molecule has 0 spiro atoms. The Morgan fingerprint density at radius 2 is 1.96 bits per heavy atom. The first kappa shape index (κ1) is 18.4. The van der Waals surface area contributed by atoms with E-state index < -0.39 is 0 Å². The van der Waals surface area contributed by atoms with Crippen molar-refractivity contribution in [2.24, 2.45) is 0 Å². The van der Waals surface area contributed by atoms with Crippen LogP contribution in [-0.4, -0.2) is 22.6 Å². The van der Waals surface area contributed by atoms with Crippen LogP contribution < -0.4 is 21.9 Å². The fourth-order valence-corrected chi connectivity index (χ4v) is 3.26. The van der Waals surface area contributed by atoms with Crippen LogP contribution >= 0.6 is 0 Å². The van der Waals surface area contributed by atoms with Gasteiger partial charge in [0.1, 0.15) is 0 Å². The van der Waals surface area contributed by atoms with Crippen LogP contribution in [0, 0.1) is 0 Å². The molecule has 0 saturated heterocycles. The van der Waals surface area contributed by atoms with Crippen molar-refractivity contribution >= 4 is 0 Å². The molecule has 6 nitrogen and oxygen atoms in total. The highest BCUT2D eigenvalue weighted by atomic mass is 16.2. The van der Waals surface area contributed by atoms with Gasteiger partial charge in [0, 0.05) is 44.8 Å². The Labute approximate surface area is 153 Å². The molecule has 6 heteroatoms. The molecule has 138 valence electrons. The second-order valence-electron chi connectivity index (χ2n) is 6.53. The van der Waals surface area contributed by atoms with Crippen LogP contribution in [0.5, 0.6) is 0 Å². The lowest BCUT2D eigenvalue weighted by molar-refractivity contribution is 0.540. The second-order valence-corrected chi connectivity index (χ2v) is 6.53. The summed E-state index contributed by atoms with van der Waals surface area (Å²) in [6.07, 6.45) is 5.60. The van der Waals surface area contributed by atoms with E-state index in [4.69, 9.17) is 0 Å². The molecule has 1 aromatic heterocycles. The van der Waals surface area contributed by atoms with Gasteiger partial charge in [-0.2, -0.15) is 0 Å². The van der Waals surface area contributed by atoms with Crippen molar-refractivity contribution in [2.45, 2.75) is 39.4 Å². The molecule has 1 aliphatic heterocycles. The van der Waals surface area contributed by atoms with E-state index in [1.54, 1.807) is 4.57 Å². The molecule has 0 bridgehead atoms. The van der Waals surface area contributed by atoms with Gasteiger partial charge in [-0.1, -0.05) is 36.4 Å². The molecular formula is C20H26N4O2. The van der Waals surface area contributed by atoms with E-state index in [0.29, 0.717) is 25.1 Å². The number of benzene rings is 1. The summed E-state index contributed by atoms with van der Waals surface area (Å²) in [7, 11) is 0. The molecule has 3 N–H and O–H groups in total. The third kappa shape index (κ3) is 4.39. The number of nitrogens with zero attached hydrogens (tertiary/aromatic N) is 1. The van der Waals surface area contributed by atoms with Crippen LogP contribution in [-0.2, 0) is 32.5 Å². The van der Waals surface area contributed by atoms with Crippen molar-refractivity contribution in [3.63, 3.8) is 0 Å². The van der Waals surface area contributed by atoms with Gasteiger partial charge in [-0.25, -0.2) is 4.79 Å². The second kappa shape index (κ2) is 8.78. The lowest BCUT2D eigenvalue weighted by atomic mass is 10.1. The van der Waals surface area contributed by atoms with Crippen LogP contribution in [0.3, 0.4) is 0 Å². The van der Waals surface area contributed by atoms with E-state index in [1.807, 2.05) is 13.0 Å². The Kier molecular flexibility index (Phi) is 6.20. The first-order valence-electron chi connectivity index (χ1n) is 9.14. The van der Waals surface area contributed by atoms with Gasteiger partial charge in [0.05, 0.1) is 5.56 Å². The lowest BCUT2D eigenvalue weighted by Crippen LogP contribution is -2.41. The average Bonchev–Trinajstić information content (AvgIpc) is 2.66. The maximum Gasteiger partial charge on any atom is 0.328 e. The molecule has 26 heavy (non-hydrogen) atoms. The number of hydrogen-bond acceptors (Lipinski definition) is 4. The Hall–Kier alpha value is -2.44. The zero-order valence-corrected chi connectivity index (χ0v) is 15.2. The van der Waals surface area contributed by atoms with E-state index in [0.717, 1.165) is 31.7 Å². The molecule has 0 atom stereocenters. The maximum atomic E-state index is 12.2. The largest absolute Gasteiger partial charge is 0.328 e. The average molecular weight is 354 g/mol. The molecule has 0 saturated carbocycles. The number of H-pyrrole nitrogens is 1. The SMILES string of the molecule is C/C=C\CNCc1ccc(CCn2c3c(c(=O)[nH]c2=O)CNCC3)cc1. The van der Waals surface area contributed by atoms with Crippen molar-refractivity contribution in [1.82, 2.24) is 20.2 Å².